The molecular weight excluding hydrogens is 336 g/mol. The molecule has 0 aromatic carbocycles. The Morgan fingerprint density at radius 2 is 2.19 bits per heavy atom. The van der Waals surface area contributed by atoms with E-state index in [1.165, 1.54) is 6.33 Å². The van der Waals surface area contributed by atoms with E-state index in [-0.39, 0.29) is 17.2 Å². The van der Waals surface area contributed by atoms with Gasteiger partial charge in [-0.3, -0.25) is 9.59 Å². The molecule has 1 atom stereocenters. The highest BCUT2D eigenvalue weighted by Crippen LogP contribution is 2.39. The van der Waals surface area contributed by atoms with Gasteiger partial charge < -0.3 is 14.5 Å². The summed E-state index contributed by atoms with van der Waals surface area (Å²) >= 11 is 0. The lowest BCUT2D eigenvalue weighted by Gasteiger charge is -2.48. The third-order valence-electron chi connectivity index (χ3n) is 5.49. The second kappa shape index (κ2) is 8.57. The highest BCUT2D eigenvalue weighted by molar-refractivity contribution is 5.78. The Morgan fingerprint density at radius 1 is 1.31 bits per heavy atom. The van der Waals surface area contributed by atoms with E-state index in [1.807, 2.05) is 9.80 Å². The Kier molecular flexibility index (Phi) is 6.18. The summed E-state index contributed by atoms with van der Waals surface area (Å²) in [7, 11) is 1.68. The molecule has 1 spiro atoms. The first-order chi connectivity index (χ1) is 12.6. The minimum atomic E-state index is 0.0453. The van der Waals surface area contributed by atoms with E-state index in [0.29, 0.717) is 26.0 Å². The van der Waals surface area contributed by atoms with Crippen LogP contribution in [0.3, 0.4) is 0 Å². The number of piperidine rings is 2. The van der Waals surface area contributed by atoms with Crippen molar-refractivity contribution in [2.75, 3.05) is 39.9 Å². The zero-order chi connectivity index (χ0) is 18.4. The summed E-state index contributed by atoms with van der Waals surface area (Å²) in [5.74, 6) is 0.372. The molecular formula is C17H28N6O3. The number of carbonyl (C=O) groups is 2. The molecule has 1 aromatic heterocycles. The number of hydrogen-bond acceptors (Lipinski definition) is 6. The molecule has 3 rings (SSSR count). The second-order valence-corrected chi connectivity index (χ2v) is 7.40. The van der Waals surface area contributed by atoms with Gasteiger partial charge in [0.1, 0.15) is 6.33 Å². The standard InChI is InChI=1S/C17H28N6O3/c1-26-11-3-9-22-13-17(7-4-15(22)24)6-2-8-21(12-17)16(25)5-10-23-14-18-19-20-23/h14H,2-13H2,1H3/t17-/m0/s1. The highest BCUT2D eigenvalue weighted by Gasteiger charge is 2.42. The number of tetrazole rings is 1. The van der Waals surface area contributed by atoms with Gasteiger partial charge in [-0.1, -0.05) is 0 Å². The number of nitrogens with zero attached hydrogens (tertiary/aromatic N) is 6. The Bertz CT molecular complexity index is 608. The van der Waals surface area contributed by atoms with Crippen LogP contribution in [-0.4, -0.2) is 81.7 Å². The first kappa shape index (κ1) is 18.8. The number of likely N-dealkylation sites (tertiary alicyclic amines) is 2. The fourth-order valence-electron chi connectivity index (χ4n) is 4.11. The summed E-state index contributed by atoms with van der Waals surface area (Å²) in [5.41, 5.74) is 0.0453. The van der Waals surface area contributed by atoms with Crippen molar-refractivity contribution in [2.45, 2.75) is 45.1 Å². The van der Waals surface area contributed by atoms with Gasteiger partial charge in [-0.05, 0) is 36.1 Å². The van der Waals surface area contributed by atoms with Crippen molar-refractivity contribution in [1.82, 2.24) is 30.0 Å². The van der Waals surface area contributed by atoms with Crippen LogP contribution >= 0.6 is 0 Å². The van der Waals surface area contributed by atoms with Gasteiger partial charge in [0, 0.05) is 58.2 Å². The van der Waals surface area contributed by atoms with Crippen LogP contribution in [-0.2, 0) is 20.9 Å². The van der Waals surface area contributed by atoms with E-state index in [1.54, 1.807) is 11.8 Å². The van der Waals surface area contributed by atoms with Crippen LogP contribution < -0.4 is 0 Å². The number of amides is 2. The largest absolute Gasteiger partial charge is 0.385 e. The van der Waals surface area contributed by atoms with Gasteiger partial charge >= 0.3 is 0 Å². The number of methoxy groups -OCH3 is 1. The summed E-state index contributed by atoms with van der Waals surface area (Å²) in [5, 5.41) is 11.0. The van der Waals surface area contributed by atoms with E-state index < -0.39 is 0 Å². The van der Waals surface area contributed by atoms with Gasteiger partial charge in [-0.15, -0.1) is 5.10 Å². The first-order valence-electron chi connectivity index (χ1n) is 9.37. The van der Waals surface area contributed by atoms with E-state index in [9.17, 15) is 9.59 Å². The smallest absolute Gasteiger partial charge is 0.224 e. The molecule has 0 aliphatic carbocycles. The van der Waals surface area contributed by atoms with Crippen LogP contribution in [0.1, 0.15) is 38.5 Å². The zero-order valence-electron chi connectivity index (χ0n) is 15.5. The molecule has 0 radical (unpaired) electrons. The van der Waals surface area contributed by atoms with Crippen molar-refractivity contribution in [3.8, 4) is 0 Å². The molecule has 9 nitrogen and oxygen atoms in total. The molecule has 0 unspecified atom stereocenters. The van der Waals surface area contributed by atoms with E-state index in [0.717, 1.165) is 51.9 Å². The van der Waals surface area contributed by atoms with Crippen molar-refractivity contribution >= 4 is 11.8 Å². The fourth-order valence-corrected chi connectivity index (χ4v) is 4.11. The van der Waals surface area contributed by atoms with Gasteiger partial charge in [0.05, 0.1) is 6.54 Å². The number of aromatic nitrogens is 4. The quantitative estimate of drug-likeness (QED) is 0.647. The molecule has 3 heterocycles. The molecule has 1 aromatic rings. The summed E-state index contributed by atoms with van der Waals surface area (Å²) in [6.07, 6.45) is 6.32. The van der Waals surface area contributed by atoms with Gasteiger partial charge in [-0.2, -0.15) is 0 Å². The minimum absolute atomic E-state index is 0.0453. The molecule has 144 valence electrons. The monoisotopic (exact) mass is 364 g/mol. The predicted molar refractivity (Wildman–Crippen MR) is 93.0 cm³/mol. The van der Waals surface area contributed by atoms with Crippen LogP contribution in [0, 0.1) is 5.41 Å². The highest BCUT2D eigenvalue weighted by atomic mass is 16.5. The molecule has 26 heavy (non-hydrogen) atoms. The van der Waals surface area contributed by atoms with Crippen LogP contribution in [0.4, 0.5) is 0 Å². The molecule has 2 amide bonds. The molecule has 2 fully saturated rings. The normalized spacial score (nSPS) is 23.7. The number of aryl methyl sites for hydroxylation is 1. The summed E-state index contributed by atoms with van der Waals surface area (Å²) in [4.78, 5) is 28.8. The molecule has 0 bridgehead atoms. The lowest BCUT2D eigenvalue weighted by molar-refractivity contribution is -0.143. The number of carbonyl (C=O) groups excluding carboxylic acids is 2. The molecule has 0 saturated carbocycles. The molecule has 9 heteroatoms. The summed E-state index contributed by atoms with van der Waals surface area (Å²) in [6.45, 7) is 4.20. The minimum Gasteiger partial charge on any atom is -0.385 e. The van der Waals surface area contributed by atoms with Crippen molar-refractivity contribution < 1.29 is 14.3 Å². The predicted octanol–water partition coefficient (Wildman–Crippen LogP) is 0.331. The van der Waals surface area contributed by atoms with Crippen molar-refractivity contribution in [3.63, 3.8) is 0 Å². The number of rotatable bonds is 7. The molecule has 2 aliphatic heterocycles. The topological polar surface area (TPSA) is 93.4 Å². The lowest BCUT2D eigenvalue weighted by Crippen LogP contribution is -2.55. The Balaban J connectivity index is 1.55. The maximum absolute atomic E-state index is 12.6. The number of ether oxygens (including phenoxy) is 1. The van der Waals surface area contributed by atoms with Gasteiger partial charge in [0.25, 0.3) is 0 Å². The van der Waals surface area contributed by atoms with Crippen LogP contribution in [0.2, 0.25) is 0 Å². The summed E-state index contributed by atoms with van der Waals surface area (Å²) < 4.78 is 6.68. The maximum atomic E-state index is 12.6. The van der Waals surface area contributed by atoms with E-state index >= 15 is 0 Å². The van der Waals surface area contributed by atoms with Crippen molar-refractivity contribution in [3.05, 3.63) is 6.33 Å². The van der Waals surface area contributed by atoms with Gasteiger partial charge in [0.15, 0.2) is 0 Å². The maximum Gasteiger partial charge on any atom is 0.224 e. The van der Waals surface area contributed by atoms with Crippen LogP contribution in [0.25, 0.3) is 0 Å². The lowest BCUT2D eigenvalue weighted by atomic mass is 9.73. The molecule has 2 saturated heterocycles. The Morgan fingerprint density at radius 3 is 2.96 bits per heavy atom. The Hall–Kier alpha value is -2.03. The fraction of sp³-hybridized carbons (Fsp3) is 0.824. The van der Waals surface area contributed by atoms with Gasteiger partial charge in [-0.25, -0.2) is 4.68 Å². The zero-order valence-corrected chi connectivity index (χ0v) is 15.5. The SMILES string of the molecule is COCCCN1C[C@@]2(CCCN(C(=O)CCn3cnnn3)C2)CCC1=O. The third-order valence-corrected chi connectivity index (χ3v) is 5.49. The number of hydrogen-bond donors (Lipinski definition) is 0. The molecule has 2 aliphatic rings. The van der Waals surface area contributed by atoms with Crippen molar-refractivity contribution in [1.29, 1.82) is 0 Å². The Labute approximate surface area is 153 Å². The first-order valence-corrected chi connectivity index (χ1v) is 9.37. The van der Waals surface area contributed by atoms with Crippen LogP contribution in [0.15, 0.2) is 6.33 Å². The van der Waals surface area contributed by atoms with E-state index in [4.69, 9.17) is 4.74 Å². The van der Waals surface area contributed by atoms with Crippen LogP contribution in [0.5, 0.6) is 0 Å². The third kappa shape index (κ3) is 4.57. The van der Waals surface area contributed by atoms with Crippen molar-refractivity contribution in [2.24, 2.45) is 5.41 Å². The average molecular weight is 364 g/mol. The summed E-state index contributed by atoms with van der Waals surface area (Å²) in [6, 6.07) is 0. The average Bonchev–Trinajstić information content (AvgIpc) is 3.17. The molecule has 0 N–H and O–H groups in total. The van der Waals surface area contributed by atoms with Gasteiger partial charge in [0.2, 0.25) is 11.8 Å². The van der Waals surface area contributed by atoms with E-state index in [2.05, 4.69) is 15.5 Å². The second-order valence-electron chi connectivity index (χ2n) is 7.40.